The van der Waals surface area contributed by atoms with Gasteiger partial charge in [-0.25, -0.2) is 5.43 Å². The summed E-state index contributed by atoms with van der Waals surface area (Å²) >= 11 is 0. The lowest BCUT2D eigenvalue weighted by Gasteiger charge is -1.94. The van der Waals surface area contributed by atoms with Crippen LogP contribution in [0.2, 0.25) is 0 Å². The van der Waals surface area contributed by atoms with E-state index in [0.29, 0.717) is 0 Å². The van der Waals surface area contributed by atoms with Gasteiger partial charge in [-0.05, 0) is 18.6 Å². The zero-order valence-electron chi connectivity index (χ0n) is 8.90. The molecule has 0 atom stereocenters. The van der Waals surface area contributed by atoms with Crippen LogP contribution in [0.25, 0.3) is 6.08 Å². The molecule has 0 saturated carbocycles. The maximum absolute atomic E-state index is 10.6. The summed E-state index contributed by atoms with van der Waals surface area (Å²) in [6.07, 6.45) is 3.80. The summed E-state index contributed by atoms with van der Waals surface area (Å²) in [7, 11) is 0. The molecule has 15 heavy (non-hydrogen) atoms. The van der Waals surface area contributed by atoms with E-state index in [9.17, 15) is 4.79 Å². The monoisotopic (exact) mass is 202 g/mol. The third-order valence-corrected chi connectivity index (χ3v) is 1.71. The van der Waals surface area contributed by atoms with Crippen molar-refractivity contribution >= 4 is 17.7 Å². The summed E-state index contributed by atoms with van der Waals surface area (Å²) in [5.74, 6) is -0.164. The Balaban J connectivity index is 2.58. The minimum atomic E-state index is -0.164. The van der Waals surface area contributed by atoms with Crippen LogP contribution in [0.1, 0.15) is 19.4 Å². The second-order valence-electron chi connectivity index (χ2n) is 3.17. The third kappa shape index (κ3) is 4.76. The van der Waals surface area contributed by atoms with Gasteiger partial charge < -0.3 is 0 Å². The molecule has 1 aromatic carbocycles. The number of nitrogens with zero attached hydrogens (tertiary/aromatic N) is 1. The number of hydrogen-bond acceptors (Lipinski definition) is 2. The fourth-order valence-corrected chi connectivity index (χ4v) is 0.985. The van der Waals surface area contributed by atoms with Gasteiger partial charge >= 0.3 is 0 Å². The predicted octanol–water partition coefficient (Wildman–Crippen LogP) is 2.21. The second kappa shape index (κ2) is 5.75. The van der Waals surface area contributed by atoms with Crippen LogP contribution < -0.4 is 5.43 Å². The molecule has 3 nitrogen and oxygen atoms in total. The standard InChI is InChI=1S/C12H14N2O/c1-10(13-14-11(2)15)8-9-12-6-4-3-5-7-12/h3-9H,1-2H3,(H,14,15). The van der Waals surface area contributed by atoms with Gasteiger partial charge in [0.1, 0.15) is 0 Å². The number of allylic oxidation sites excluding steroid dienone is 1. The molecule has 0 bridgehead atoms. The highest BCUT2D eigenvalue weighted by Gasteiger charge is 1.87. The normalized spacial score (nSPS) is 11.7. The average molecular weight is 202 g/mol. The van der Waals surface area contributed by atoms with Crippen molar-refractivity contribution in [3.05, 3.63) is 42.0 Å². The van der Waals surface area contributed by atoms with Crippen LogP contribution in [0.15, 0.2) is 41.5 Å². The molecule has 1 aromatic rings. The van der Waals surface area contributed by atoms with E-state index in [1.54, 1.807) is 0 Å². The van der Waals surface area contributed by atoms with Crippen molar-refractivity contribution in [2.75, 3.05) is 0 Å². The summed E-state index contributed by atoms with van der Waals surface area (Å²) in [5, 5.41) is 3.87. The minimum absolute atomic E-state index is 0.164. The van der Waals surface area contributed by atoms with Gasteiger partial charge in [-0.3, -0.25) is 4.79 Å². The summed E-state index contributed by atoms with van der Waals surface area (Å²) in [4.78, 5) is 10.6. The Hall–Kier alpha value is -1.90. The molecule has 0 aliphatic rings. The number of hydrogen-bond donors (Lipinski definition) is 1. The predicted molar refractivity (Wildman–Crippen MR) is 62.4 cm³/mol. The lowest BCUT2D eigenvalue weighted by atomic mass is 10.2. The van der Waals surface area contributed by atoms with Crippen LogP contribution in [0.3, 0.4) is 0 Å². The fourth-order valence-electron chi connectivity index (χ4n) is 0.985. The molecule has 0 fully saturated rings. The first-order chi connectivity index (χ1) is 7.18. The lowest BCUT2D eigenvalue weighted by molar-refractivity contribution is -0.118. The van der Waals surface area contributed by atoms with Gasteiger partial charge in [0.05, 0.1) is 5.71 Å². The van der Waals surface area contributed by atoms with Crippen LogP contribution in [0.5, 0.6) is 0 Å². The Labute approximate surface area is 89.5 Å². The second-order valence-corrected chi connectivity index (χ2v) is 3.17. The first-order valence-corrected chi connectivity index (χ1v) is 4.72. The molecule has 78 valence electrons. The Kier molecular flexibility index (Phi) is 4.29. The molecule has 0 aromatic heterocycles. The number of nitrogens with one attached hydrogen (secondary N) is 1. The van der Waals surface area contributed by atoms with E-state index in [1.807, 2.05) is 49.4 Å². The summed E-state index contributed by atoms with van der Waals surface area (Å²) < 4.78 is 0. The van der Waals surface area contributed by atoms with E-state index in [-0.39, 0.29) is 5.91 Å². The molecule has 0 heterocycles. The van der Waals surface area contributed by atoms with Crippen molar-refractivity contribution in [1.29, 1.82) is 0 Å². The van der Waals surface area contributed by atoms with Gasteiger partial charge in [0, 0.05) is 6.92 Å². The van der Waals surface area contributed by atoms with E-state index in [4.69, 9.17) is 0 Å². The number of benzene rings is 1. The molecular formula is C12H14N2O. The van der Waals surface area contributed by atoms with Gasteiger partial charge in [-0.15, -0.1) is 0 Å². The molecule has 0 saturated heterocycles. The van der Waals surface area contributed by atoms with Crippen LogP contribution in [-0.4, -0.2) is 11.6 Å². The van der Waals surface area contributed by atoms with Crippen LogP contribution >= 0.6 is 0 Å². The lowest BCUT2D eigenvalue weighted by Crippen LogP contribution is -2.13. The topological polar surface area (TPSA) is 41.5 Å². The highest BCUT2D eigenvalue weighted by Crippen LogP contribution is 2.00. The van der Waals surface area contributed by atoms with E-state index in [1.165, 1.54) is 6.92 Å². The molecule has 0 aliphatic heterocycles. The molecule has 0 spiro atoms. The minimum Gasteiger partial charge on any atom is -0.274 e. The quantitative estimate of drug-likeness (QED) is 0.592. The van der Waals surface area contributed by atoms with E-state index in [2.05, 4.69) is 10.5 Å². The van der Waals surface area contributed by atoms with Gasteiger partial charge in [-0.2, -0.15) is 5.10 Å². The van der Waals surface area contributed by atoms with Crippen LogP contribution in [0.4, 0.5) is 0 Å². The van der Waals surface area contributed by atoms with E-state index >= 15 is 0 Å². The van der Waals surface area contributed by atoms with Crippen molar-refractivity contribution in [1.82, 2.24) is 5.43 Å². The molecule has 0 radical (unpaired) electrons. The molecular weight excluding hydrogens is 188 g/mol. The van der Waals surface area contributed by atoms with E-state index < -0.39 is 0 Å². The maximum atomic E-state index is 10.6. The summed E-state index contributed by atoms with van der Waals surface area (Å²) in [5.41, 5.74) is 4.24. The highest BCUT2D eigenvalue weighted by atomic mass is 16.2. The van der Waals surface area contributed by atoms with E-state index in [0.717, 1.165) is 11.3 Å². The van der Waals surface area contributed by atoms with Crippen molar-refractivity contribution in [2.45, 2.75) is 13.8 Å². The van der Waals surface area contributed by atoms with Crippen molar-refractivity contribution in [2.24, 2.45) is 5.10 Å². The van der Waals surface area contributed by atoms with Crippen molar-refractivity contribution in [3.63, 3.8) is 0 Å². The Morgan fingerprint density at radius 1 is 1.27 bits per heavy atom. The largest absolute Gasteiger partial charge is 0.274 e. The average Bonchev–Trinajstić information content (AvgIpc) is 2.25. The maximum Gasteiger partial charge on any atom is 0.236 e. The number of amides is 1. The summed E-state index contributed by atoms with van der Waals surface area (Å²) in [6.45, 7) is 3.26. The third-order valence-electron chi connectivity index (χ3n) is 1.71. The number of carbonyl (C=O) groups excluding carboxylic acids is 1. The zero-order valence-corrected chi connectivity index (χ0v) is 8.90. The first kappa shape index (κ1) is 11.2. The first-order valence-electron chi connectivity index (χ1n) is 4.72. The molecule has 1 amide bonds. The number of rotatable bonds is 3. The van der Waals surface area contributed by atoms with Gasteiger partial charge in [-0.1, -0.05) is 36.4 Å². The van der Waals surface area contributed by atoms with Crippen molar-refractivity contribution in [3.8, 4) is 0 Å². The van der Waals surface area contributed by atoms with Crippen LogP contribution in [-0.2, 0) is 4.79 Å². The van der Waals surface area contributed by atoms with Gasteiger partial charge in [0.2, 0.25) is 5.91 Å². The van der Waals surface area contributed by atoms with Crippen molar-refractivity contribution < 1.29 is 4.79 Å². The molecule has 1 N–H and O–H groups in total. The number of hydrazone groups is 1. The molecule has 3 heteroatoms. The van der Waals surface area contributed by atoms with Gasteiger partial charge in [0.25, 0.3) is 0 Å². The SMILES string of the molecule is CC(=O)NN=C(C)C=Cc1ccccc1. The zero-order chi connectivity index (χ0) is 11.1. The smallest absolute Gasteiger partial charge is 0.236 e. The molecule has 0 aliphatic carbocycles. The molecule has 0 unspecified atom stereocenters. The molecule has 1 rings (SSSR count). The van der Waals surface area contributed by atoms with Gasteiger partial charge in [0.15, 0.2) is 0 Å². The Morgan fingerprint density at radius 2 is 1.93 bits per heavy atom. The summed E-state index contributed by atoms with van der Waals surface area (Å²) in [6, 6.07) is 9.92. The Morgan fingerprint density at radius 3 is 2.53 bits per heavy atom. The fraction of sp³-hybridized carbons (Fsp3) is 0.167. The van der Waals surface area contributed by atoms with Crippen LogP contribution in [0, 0.1) is 0 Å². The number of carbonyl (C=O) groups is 1. The Bertz CT molecular complexity index is 380. The highest BCUT2D eigenvalue weighted by molar-refractivity contribution is 5.96.